The van der Waals surface area contributed by atoms with Gasteiger partial charge in [-0.2, -0.15) is 5.10 Å². The maximum atomic E-state index is 13.1. The number of Topliss-reactive ketones (excluding diaryl/α,β-unsaturated/α-hetero) is 1. The van der Waals surface area contributed by atoms with Crippen LogP contribution in [0.15, 0.2) is 48.5 Å². The van der Waals surface area contributed by atoms with Gasteiger partial charge >= 0.3 is 0 Å². The van der Waals surface area contributed by atoms with Crippen molar-refractivity contribution in [3.05, 3.63) is 70.9 Å². The van der Waals surface area contributed by atoms with E-state index in [1.54, 1.807) is 25.3 Å². The predicted molar refractivity (Wildman–Crippen MR) is 129 cm³/mol. The number of H-pyrrole nitrogens is 1. The quantitative estimate of drug-likeness (QED) is 0.374. The predicted octanol–water partition coefficient (Wildman–Crippen LogP) is 4.27. The highest BCUT2D eigenvalue weighted by Crippen LogP contribution is 2.28. The van der Waals surface area contributed by atoms with Crippen LogP contribution in [-0.4, -0.2) is 41.2 Å². The Morgan fingerprint density at radius 2 is 1.91 bits per heavy atom. The third-order valence-corrected chi connectivity index (χ3v) is 5.62. The highest BCUT2D eigenvalue weighted by atomic mass is 16.5. The molecule has 3 N–H and O–H groups in total. The van der Waals surface area contributed by atoms with Crippen LogP contribution in [0.1, 0.15) is 34.1 Å². The maximum absolute atomic E-state index is 13.1. The molecule has 2 aromatic heterocycles. The van der Waals surface area contributed by atoms with Crippen molar-refractivity contribution in [2.24, 2.45) is 5.73 Å². The molecule has 0 atom stereocenters. The molecule has 0 unspecified atom stereocenters. The normalized spacial score (nSPS) is 11.0. The molecule has 0 radical (unpaired) electrons. The Morgan fingerprint density at radius 1 is 1.09 bits per heavy atom. The fraction of sp³-hybridized carbons (Fsp3) is 0.269. The Hall–Kier alpha value is -3.71. The van der Waals surface area contributed by atoms with Gasteiger partial charge in [0.1, 0.15) is 18.1 Å². The molecular weight excluding hydrogens is 416 g/mol. The first-order valence-electron chi connectivity index (χ1n) is 11.0. The van der Waals surface area contributed by atoms with Gasteiger partial charge in [-0.1, -0.05) is 19.1 Å². The number of carbonyl (C=O) groups is 1. The number of aryl methyl sites for hydroxylation is 2. The van der Waals surface area contributed by atoms with Crippen molar-refractivity contribution in [3.8, 4) is 22.8 Å². The van der Waals surface area contributed by atoms with Gasteiger partial charge in [0, 0.05) is 41.2 Å². The SMILES string of the molecule is CCc1[nH]nc2nc(-c3cc(CC(=O)c4cc(OC)cc(OCCN)c4)ccc3C)ccc12. The Kier molecular flexibility index (Phi) is 6.70. The van der Waals surface area contributed by atoms with Crippen LogP contribution in [0.3, 0.4) is 0 Å². The zero-order valence-electron chi connectivity index (χ0n) is 19.1. The number of aromatic amines is 1. The van der Waals surface area contributed by atoms with E-state index in [1.807, 2.05) is 31.2 Å². The molecule has 0 amide bonds. The Morgan fingerprint density at radius 3 is 2.67 bits per heavy atom. The number of nitrogens with one attached hydrogen (secondary N) is 1. The van der Waals surface area contributed by atoms with Crippen molar-refractivity contribution in [2.45, 2.75) is 26.7 Å². The third-order valence-electron chi connectivity index (χ3n) is 5.62. The molecule has 2 aromatic carbocycles. The van der Waals surface area contributed by atoms with E-state index in [0.717, 1.165) is 39.9 Å². The summed E-state index contributed by atoms with van der Waals surface area (Å²) >= 11 is 0. The number of aromatic nitrogens is 3. The van der Waals surface area contributed by atoms with Crippen molar-refractivity contribution in [1.82, 2.24) is 15.2 Å². The lowest BCUT2D eigenvalue weighted by Gasteiger charge is -2.11. The number of hydrogen-bond donors (Lipinski definition) is 2. The number of methoxy groups -OCH3 is 1. The molecule has 33 heavy (non-hydrogen) atoms. The van der Waals surface area contributed by atoms with Gasteiger partial charge < -0.3 is 15.2 Å². The van der Waals surface area contributed by atoms with Crippen LogP contribution in [0.5, 0.6) is 11.5 Å². The fourth-order valence-corrected chi connectivity index (χ4v) is 3.82. The van der Waals surface area contributed by atoms with E-state index in [-0.39, 0.29) is 12.2 Å². The smallest absolute Gasteiger partial charge is 0.181 e. The summed E-state index contributed by atoms with van der Waals surface area (Å²) in [7, 11) is 1.56. The lowest BCUT2D eigenvalue weighted by molar-refractivity contribution is 0.0992. The van der Waals surface area contributed by atoms with Gasteiger partial charge in [0.2, 0.25) is 0 Å². The summed E-state index contributed by atoms with van der Waals surface area (Å²) in [5.74, 6) is 1.11. The van der Waals surface area contributed by atoms with Gasteiger partial charge in [0.15, 0.2) is 11.4 Å². The molecular formula is C26H28N4O3. The second kappa shape index (κ2) is 9.83. The standard InChI is InChI=1S/C26H28N4O3/c1-4-23-21-7-8-24(28-26(21)30-29-23)22-11-17(6-5-16(22)2)12-25(31)18-13-19(32-3)15-20(14-18)33-10-9-27/h5-8,11,13-15H,4,9-10,12,27H2,1-3H3,(H,28,29,30). The number of nitrogens with zero attached hydrogens (tertiary/aromatic N) is 2. The van der Waals surface area contributed by atoms with Crippen LogP contribution in [0.4, 0.5) is 0 Å². The van der Waals surface area contributed by atoms with Gasteiger partial charge in [-0.15, -0.1) is 0 Å². The summed E-state index contributed by atoms with van der Waals surface area (Å²) in [6, 6.07) is 15.3. The van der Waals surface area contributed by atoms with Crippen LogP contribution in [0.2, 0.25) is 0 Å². The molecule has 0 bridgehead atoms. The summed E-state index contributed by atoms with van der Waals surface area (Å²) in [6.07, 6.45) is 1.12. The van der Waals surface area contributed by atoms with Crippen LogP contribution in [0, 0.1) is 6.92 Å². The topological polar surface area (TPSA) is 103 Å². The largest absolute Gasteiger partial charge is 0.497 e. The van der Waals surface area contributed by atoms with E-state index in [1.165, 1.54) is 0 Å². The average Bonchev–Trinajstić information content (AvgIpc) is 3.26. The first kappa shape index (κ1) is 22.5. The molecule has 0 aliphatic rings. The number of rotatable bonds is 9. The highest BCUT2D eigenvalue weighted by Gasteiger charge is 2.14. The van der Waals surface area contributed by atoms with Crippen LogP contribution in [-0.2, 0) is 12.8 Å². The average molecular weight is 445 g/mol. The Labute approximate surface area is 192 Å². The molecule has 0 saturated heterocycles. The van der Waals surface area contributed by atoms with E-state index in [4.69, 9.17) is 20.2 Å². The number of pyridine rings is 1. The third kappa shape index (κ3) is 4.88. The maximum Gasteiger partial charge on any atom is 0.181 e. The lowest BCUT2D eigenvalue weighted by Crippen LogP contribution is -2.11. The summed E-state index contributed by atoms with van der Waals surface area (Å²) in [4.78, 5) is 17.8. The number of hydrogen-bond acceptors (Lipinski definition) is 6. The molecule has 2 heterocycles. The van der Waals surface area contributed by atoms with E-state index in [2.05, 4.69) is 23.2 Å². The van der Waals surface area contributed by atoms with Crippen molar-refractivity contribution in [1.29, 1.82) is 0 Å². The fourth-order valence-electron chi connectivity index (χ4n) is 3.82. The first-order chi connectivity index (χ1) is 16.0. The Bertz CT molecular complexity index is 1300. The van der Waals surface area contributed by atoms with Crippen molar-refractivity contribution in [3.63, 3.8) is 0 Å². The molecule has 7 heteroatoms. The molecule has 170 valence electrons. The molecule has 0 aliphatic carbocycles. The summed E-state index contributed by atoms with van der Waals surface area (Å²) in [6.45, 7) is 4.89. The summed E-state index contributed by atoms with van der Waals surface area (Å²) in [5.41, 5.74) is 11.7. The van der Waals surface area contributed by atoms with Crippen LogP contribution in [0.25, 0.3) is 22.3 Å². The molecule has 0 aliphatic heterocycles. The molecule has 4 rings (SSSR count). The first-order valence-corrected chi connectivity index (χ1v) is 11.0. The lowest BCUT2D eigenvalue weighted by atomic mass is 9.97. The molecule has 7 nitrogen and oxygen atoms in total. The summed E-state index contributed by atoms with van der Waals surface area (Å²) in [5, 5.41) is 8.43. The van der Waals surface area contributed by atoms with E-state index >= 15 is 0 Å². The van der Waals surface area contributed by atoms with Crippen molar-refractivity contribution in [2.75, 3.05) is 20.3 Å². The summed E-state index contributed by atoms with van der Waals surface area (Å²) < 4.78 is 10.9. The van der Waals surface area contributed by atoms with Gasteiger partial charge in [-0.3, -0.25) is 9.89 Å². The van der Waals surface area contributed by atoms with Crippen molar-refractivity contribution >= 4 is 16.8 Å². The van der Waals surface area contributed by atoms with E-state index < -0.39 is 0 Å². The van der Waals surface area contributed by atoms with Crippen LogP contribution < -0.4 is 15.2 Å². The molecule has 0 fully saturated rings. The molecule has 0 saturated carbocycles. The zero-order valence-corrected chi connectivity index (χ0v) is 19.1. The monoisotopic (exact) mass is 444 g/mol. The minimum absolute atomic E-state index is 0.0235. The van der Waals surface area contributed by atoms with Gasteiger partial charge in [-0.05, 0) is 54.8 Å². The van der Waals surface area contributed by atoms with Crippen molar-refractivity contribution < 1.29 is 14.3 Å². The van der Waals surface area contributed by atoms with E-state index in [9.17, 15) is 4.79 Å². The Balaban J connectivity index is 1.61. The highest BCUT2D eigenvalue weighted by molar-refractivity contribution is 5.98. The van der Waals surface area contributed by atoms with E-state index in [0.29, 0.717) is 35.9 Å². The second-order valence-electron chi connectivity index (χ2n) is 7.91. The van der Waals surface area contributed by atoms with Gasteiger partial charge in [-0.25, -0.2) is 4.98 Å². The molecule has 4 aromatic rings. The van der Waals surface area contributed by atoms with Gasteiger partial charge in [0.25, 0.3) is 0 Å². The molecule has 0 spiro atoms. The number of ether oxygens (including phenoxy) is 2. The van der Waals surface area contributed by atoms with Gasteiger partial charge in [0.05, 0.1) is 12.8 Å². The number of ketones is 1. The number of benzene rings is 2. The van der Waals surface area contributed by atoms with Crippen LogP contribution >= 0.6 is 0 Å². The minimum Gasteiger partial charge on any atom is -0.497 e. The minimum atomic E-state index is -0.0235. The zero-order chi connectivity index (χ0) is 23.4. The second-order valence-corrected chi connectivity index (χ2v) is 7.91. The number of carbonyl (C=O) groups excluding carboxylic acids is 1. The number of fused-ring (bicyclic) bond motifs is 1. The number of nitrogens with two attached hydrogens (primary N) is 1.